The molecule has 0 unspecified atom stereocenters. The Morgan fingerprint density at radius 1 is 1.19 bits per heavy atom. The van der Waals surface area contributed by atoms with Gasteiger partial charge in [0.15, 0.2) is 4.96 Å². The van der Waals surface area contributed by atoms with Crippen LogP contribution in [0.1, 0.15) is 22.6 Å². The van der Waals surface area contributed by atoms with Crippen molar-refractivity contribution in [1.29, 1.82) is 0 Å². The van der Waals surface area contributed by atoms with Gasteiger partial charge in [-0.2, -0.15) is 13.2 Å². The van der Waals surface area contributed by atoms with Gasteiger partial charge in [0.25, 0.3) is 0 Å². The Kier molecular flexibility index (Phi) is 2.66. The summed E-state index contributed by atoms with van der Waals surface area (Å²) in [5, 5.41) is 0. The quantitative estimate of drug-likeness (QED) is 0.643. The van der Waals surface area contributed by atoms with Crippen LogP contribution in [0.2, 0.25) is 0 Å². The van der Waals surface area contributed by atoms with E-state index >= 15 is 0 Å². The molecule has 0 bridgehead atoms. The molecule has 108 valence electrons. The summed E-state index contributed by atoms with van der Waals surface area (Å²) in [5.41, 5.74) is 1.73. The predicted octanol–water partition coefficient (Wildman–Crippen LogP) is 4.57. The number of hydrogen-bond donors (Lipinski definition) is 0. The van der Waals surface area contributed by atoms with Crippen molar-refractivity contribution in [2.75, 3.05) is 0 Å². The second kappa shape index (κ2) is 4.34. The Balaban J connectivity index is 1.81. The number of halogens is 3. The molecular weight excluding hydrogens is 297 g/mol. The van der Waals surface area contributed by atoms with Crippen LogP contribution in [0, 0.1) is 0 Å². The van der Waals surface area contributed by atoms with Crippen molar-refractivity contribution in [1.82, 2.24) is 9.38 Å². The lowest BCUT2D eigenvalue weighted by molar-refractivity contribution is -0.137. The van der Waals surface area contributed by atoms with Gasteiger partial charge in [0.05, 0.1) is 11.3 Å². The first-order valence-corrected chi connectivity index (χ1v) is 7.51. The summed E-state index contributed by atoms with van der Waals surface area (Å²) in [6.07, 6.45) is 0.782. The monoisotopic (exact) mass is 308 g/mol. The molecule has 0 spiro atoms. The molecule has 0 aliphatic heterocycles. The molecule has 1 aromatic carbocycles. The molecule has 3 aromatic rings. The highest BCUT2D eigenvalue weighted by Crippen LogP contribution is 2.35. The summed E-state index contributed by atoms with van der Waals surface area (Å²) >= 11 is 1.64. The smallest absolute Gasteiger partial charge is 0.294 e. The number of thiazole rings is 1. The highest BCUT2D eigenvalue weighted by atomic mass is 32.1. The maximum atomic E-state index is 12.8. The minimum Gasteiger partial charge on any atom is -0.294 e. The molecular formula is C15H11F3N2S. The summed E-state index contributed by atoms with van der Waals surface area (Å²) < 4.78 is 40.4. The van der Waals surface area contributed by atoms with Crippen molar-refractivity contribution in [2.45, 2.75) is 25.4 Å². The van der Waals surface area contributed by atoms with E-state index in [4.69, 9.17) is 0 Å². The molecule has 0 fully saturated rings. The molecule has 1 aliphatic carbocycles. The highest BCUT2D eigenvalue weighted by molar-refractivity contribution is 7.17. The number of nitrogens with zero attached hydrogens (tertiary/aromatic N) is 2. The Bertz CT molecular complexity index is 829. The van der Waals surface area contributed by atoms with Gasteiger partial charge < -0.3 is 0 Å². The van der Waals surface area contributed by atoms with E-state index in [2.05, 4.69) is 4.98 Å². The van der Waals surface area contributed by atoms with E-state index in [-0.39, 0.29) is 0 Å². The Hall–Kier alpha value is -1.82. The topological polar surface area (TPSA) is 17.3 Å². The molecule has 4 rings (SSSR count). The van der Waals surface area contributed by atoms with Crippen molar-refractivity contribution in [3.8, 4) is 11.3 Å². The van der Waals surface area contributed by atoms with Gasteiger partial charge in [0.2, 0.25) is 0 Å². The Morgan fingerprint density at radius 3 is 2.86 bits per heavy atom. The van der Waals surface area contributed by atoms with Crippen LogP contribution >= 0.6 is 11.3 Å². The average Bonchev–Trinajstić information content (AvgIpc) is 3.08. The highest BCUT2D eigenvalue weighted by Gasteiger charge is 2.30. The van der Waals surface area contributed by atoms with Crippen LogP contribution in [0.3, 0.4) is 0 Å². The molecule has 0 saturated heterocycles. The molecule has 0 saturated carbocycles. The van der Waals surface area contributed by atoms with Gasteiger partial charge in [-0.3, -0.25) is 4.40 Å². The fourth-order valence-corrected chi connectivity index (χ4v) is 3.99. The third-order valence-corrected chi connectivity index (χ3v) is 4.96. The van der Waals surface area contributed by atoms with Crippen molar-refractivity contribution in [2.24, 2.45) is 0 Å². The van der Waals surface area contributed by atoms with Crippen LogP contribution in [0.25, 0.3) is 16.2 Å². The Morgan fingerprint density at radius 2 is 2.05 bits per heavy atom. The van der Waals surface area contributed by atoms with Crippen molar-refractivity contribution >= 4 is 16.3 Å². The van der Waals surface area contributed by atoms with Crippen molar-refractivity contribution in [3.05, 3.63) is 46.6 Å². The van der Waals surface area contributed by atoms with E-state index in [0.717, 1.165) is 36.4 Å². The molecule has 2 heterocycles. The normalized spacial score (nSPS) is 14.8. The zero-order chi connectivity index (χ0) is 14.6. The maximum absolute atomic E-state index is 12.8. The van der Waals surface area contributed by atoms with E-state index in [9.17, 15) is 13.2 Å². The van der Waals surface area contributed by atoms with Gasteiger partial charge in [-0.05, 0) is 31.4 Å². The molecule has 0 atom stereocenters. The molecule has 0 amide bonds. The second-order valence-electron chi connectivity index (χ2n) is 5.18. The minimum absolute atomic E-state index is 0.507. The van der Waals surface area contributed by atoms with E-state index < -0.39 is 11.7 Å². The number of alkyl halides is 3. The van der Waals surface area contributed by atoms with Crippen LogP contribution in [0.15, 0.2) is 30.5 Å². The molecule has 0 N–H and O–H groups in total. The molecule has 1 aliphatic rings. The fraction of sp³-hybridized carbons (Fsp3) is 0.267. The number of hydrogen-bond acceptors (Lipinski definition) is 2. The summed E-state index contributed by atoms with van der Waals surface area (Å²) in [4.78, 5) is 6.71. The number of aromatic nitrogens is 2. The van der Waals surface area contributed by atoms with Gasteiger partial charge in [-0.15, -0.1) is 11.3 Å². The second-order valence-corrected chi connectivity index (χ2v) is 6.24. The van der Waals surface area contributed by atoms with E-state index in [0.29, 0.717) is 11.3 Å². The third-order valence-electron chi connectivity index (χ3n) is 3.80. The van der Waals surface area contributed by atoms with Gasteiger partial charge in [0.1, 0.15) is 0 Å². The van der Waals surface area contributed by atoms with Gasteiger partial charge in [-0.25, -0.2) is 4.98 Å². The van der Waals surface area contributed by atoms with Crippen LogP contribution in [-0.2, 0) is 19.0 Å². The molecule has 2 nitrogen and oxygen atoms in total. The fourth-order valence-electron chi connectivity index (χ4n) is 2.80. The molecule has 6 heteroatoms. The van der Waals surface area contributed by atoms with Crippen LogP contribution < -0.4 is 0 Å². The lowest BCUT2D eigenvalue weighted by Gasteiger charge is -2.07. The third kappa shape index (κ3) is 2.05. The zero-order valence-electron chi connectivity index (χ0n) is 10.9. The first kappa shape index (κ1) is 12.9. The first-order chi connectivity index (χ1) is 10.0. The number of aryl methyl sites for hydroxylation is 2. The number of fused-ring (bicyclic) bond motifs is 3. The Labute approximate surface area is 122 Å². The molecule has 2 aromatic heterocycles. The zero-order valence-corrected chi connectivity index (χ0v) is 11.8. The van der Waals surface area contributed by atoms with E-state index in [1.807, 2.05) is 10.6 Å². The maximum Gasteiger partial charge on any atom is 0.416 e. The van der Waals surface area contributed by atoms with Crippen molar-refractivity contribution < 1.29 is 13.2 Å². The summed E-state index contributed by atoms with van der Waals surface area (Å²) in [7, 11) is 0. The molecule has 21 heavy (non-hydrogen) atoms. The van der Waals surface area contributed by atoms with Gasteiger partial charge in [0, 0.05) is 22.3 Å². The average molecular weight is 308 g/mol. The number of rotatable bonds is 1. The van der Waals surface area contributed by atoms with Crippen LogP contribution in [-0.4, -0.2) is 9.38 Å². The lowest BCUT2D eigenvalue weighted by Crippen LogP contribution is -2.04. The number of imidazole rings is 1. The first-order valence-electron chi connectivity index (χ1n) is 6.69. The SMILES string of the molecule is FC(F)(F)c1cccc(-c2cn3c4c(sc3n2)CCC4)c1. The predicted molar refractivity (Wildman–Crippen MR) is 75.5 cm³/mol. The number of benzene rings is 1. The van der Waals surface area contributed by atoms with Gasteiger partial charge >= 0.3 is 6.18 Å². The summed E-state index contributed by atoms with van der Waals surface area (Å²) in [6.45, 7) is 0. The lowest BCUT2D eigenvalue weighted by atomic mass is 10.1. The molecule has 0 radical (unpaired) electrons. The van der Waals surface area contributed by atoms with Crippen molar-refractivity contribution in [3.63, 3.8) is 0 Å². The van der Waals surface area contributed by atoms with E-state index in [1.165, 1.54) is 16.6 Å². The van der Waals surface area contributed by atoms with Gasteiger partial charge in [-0.1, -0.05) is 12.1 Å². The minimum atomic E-state index is -4.33. The standard InChI is InChI=1S/C15H11F3N2S/c16-15(17,18)10-4-1-3-9(7-10)11-8-20-12-5-2-6-13(12)21-14(20)19-11/h1,3-4,7-8H,2,5-6H2. The summed E-state index contributed by atoms with van der Waals surface area (Å²) in [5.74, 6) is 0. The van der Waals surface area contributed by atoms with Crippen LogP contribution in [0.5, 0.6) is 0 Å². The van der Waals surface area contributed by atoms with Crippen LogP contribution in [0.4, 0.5) is 13.2 Å². The summed E-state index contributed by atoms with van der Waals surface area (Å²) in [6, 6.07) is 5.34. The van der Waals surface area contributed by atoms with E-state index in [1.54, 1.807) is 17.4 Å². The largest absolute Gasteiger partial charge is 0.416 e.